The molecular formula is C28H33N7O2. The number of rotatable bonds is 7. The van der Waals surface area contributed by atoms with Gasteiger partial charge in [-0.15, -0.1) is 0 Å². The summed E-state index contributed by atoms with van der Waals surface area (Å²) in [4.78, 5) is 18.9. The van der Waals surface area contributed by atoms with Gasteiger partial charge in [-0.05, 0) is 87.0 Å². The van der Waals surface area contributed by atoms with Crippen molar-refractivity contribution in [3.8, 4) is 28.1 Å². The molecule has 192 valence electrons. The summed E-state index contributed by atoms with van der Waals surface area (Å²) in [5.41, 5.74) is 5.33. The number of hydrogen-bond donors (Lipinski definition) is 2. The van der Waals surface area contributed by atoms with Crippen molar-refractivity contribution in [3.05, 3.63) is 49.1 Å². The van der Waals surface area contributed by atoms with E-state index in [4.69, 9.17) is 24.4 Å². The molecule has 0 spiro atoms. The third kappa shape index (κ3) is 5.01. The molecule has 2 saturated heterocycles. The maximum absolute atomic E-state index is 6.09. The van der Waals surface area contributed by atoms with Crippen molar-refractivity contribution in [2.45, 2.75) is 38.3 Å². The van der Waals surface area contributed by atoms with Gasteiger partial charge in [0.2, 0.25) is 5.95 Å². The van der Waals surface area contributed by atoms with E-state index in [0.29, 0.717) is 11.9 Å². The Morgan fingerprint density at radius 1 is 1.05 bits per heavy atom. The first kappa shape index (κ1) is 23.8. The SMILES string of the molecule is COc1ccc(-c2nc(NCC3CCNCC3)nc3c2ncn3C2CCCCO2)cc1-c1ccncc1. The summed E-state index contributed by atoms with van der Waals surface area (Å²) in [5, 5.41) is 6.98. The van der Waals surface area contributed by atoms with Gasteiger partial charge in [0, 0.05) is 36.7 Å². The molecule has 0 aliphatic carbocycles. The third-order valence-corrected chi connectivity index (χ3v) is 7.36. The molecule has 0 amide bonds. The molecule has 6 rings (SSSR count). The van der Waals surface area contributed by atoms with Crippen molar-refractivity contribution in [1.82, 2.24) is 29.8 Å². The first-order valence-corrected chi connectivity index (χ1v) is 13.2. The maximum atomic E-state index is 6.09. The molecule has 1 unspecified atom stereocenters. The molecule has 0 radical (unpaired) electrons. The number of nitrogens with one attached hydrogen (secondary N) is 2. The molecule has 9 heteroatoms. The molecule has 2 aliphatic heterocycles. The van der Waals surface area contributed by atoms with Crippen LogP contribution in [0, 0.1) is 5.92 Å². The highest BCUT2D eigenvalue weighted by molar-refractivity contribution is 5.90. The number of benzene rings is 1. The fraction of sp³-hybridized carbons (Fsp3) is 0.429. The molecule has 2 fully saturated rings. The van der Waals surface area contributed by atoms with Crippen LogP contribution in [0.15, 0.2) is 49.1 Å². The lowest BCUT2D eigenvalue weighted by Crippen LogP contribution is -2.31. The molecule has 4 aromatic rings. The van der Waals surface area contributed by atoms with Gasteiger partial charge in [-0.2, -0.15) is 4.98 Å². The molecule has 2 N–H and O–H groups in total. The Kier molecular flexibility index (Phi) is 6.96. The molecule has 1 aromatic carbocycles. The Balaban J connectivity index is 1.43. The Morgan fingerprint density at radius 3 is 2.70 bits per heavy atom. The van der Waals surface area contributed by atoms with Gasteiger partial charge >= 0.3 is 0 Å². The molecule has 9 nitrogen and oxygen atoms in total. The number of aromatic nitrogens is 5. The second kappa shape index (κ2) is 10.8. The van der Waals surface area contributed by atoms with E-state index in [2.05, 4.69) is 26.3 Å². The van der Waals surface area contributed by atoms with E-state index in [1.54, 1.807) is 19.5 Å². The second-order valence-electron chi connectivity index (χ2n) is 9.77. The lowest BCUT2D eigenvalue weighted by atomic mass is 9.98. The second-order valence-corrected chi connectivity index (χ2v) is 9.77. The molecule has 1 atom stereocenters. The summed E-state index contributed by atoms with van der Waals surface area (Å²) in [6.45, 7) is 3.74. The predicted molar refractivity (Wildman–Crippen MR) is 143 cm³/mol. The van der Waals surface area contributed by atoms with E-state index in [1.807, 2.05) is 30.6 Å². The van der Waals surface area contributed by atoms with Crippen LogP contribution in [0.4, 0.5) is 5.95 Å². The van der Waals surface area contributed by atoms with Crippen LogP contribution in [-0.2, 0) is 4.74 Å². The lowest BCUT2D eigenvalue weighted by Gasteiger charge is -2.24. The number of pyridine rings is 1. The third-order valence-electron chi connectivity index (χ3n) is 7.36. The highest BCUT2D eigenvalue weighted by atomic mass is 16.5. The van der Waals surface area contributed by atoms with Gasteiger partial charge in [-0.25, -0.2) is 9.97 Å². The van der Waals surface area contributed by atoms with Crippen molar-refractivity contribution in [1.29, 1.82) is 0 Å². The molecule has 0 bridgehead atoms. The number of imidazole rings is 1. The fourth-order valence-corrected chi connectivity index (χ4v) is 5.28. The van der Waals surface area contributed by atoms with Gasteiger partial charge in [0.1, 0.15) is 23.2 Å². The van der Waals surface area contributed by atoms with Crippen LogP contribution in [0.2, 0.25) is 0 Å². The minimum Gasteiger partial charge on any atom is -0.496 e. The highest BCUT2D eigenvalue weighted by Crippen LogP contribution is 2.36. The van der Waals surface area contributed by atoms with Gasteiger partial charge in [0.25, 0.3) is 0 Å². The van der Waals surface area contributed by atoms with Gasteiger partial charge in [-0.1, -0.05) is 0 Å². The lowest BCUT2D eigenvalue weighted by molar-refractivity contribution is -0.0298. The first-order chi connectivity index (χ1) is 18.3. The minimum atomic E-state index is -0.0537. The summed E-state index contributed by atoms with van der Waals surface area (Å²) in [6.07, 6.45) is 10.9. The number of piperidine rings is 1. The quantitative estimate of drug-likeness (QED) is 0.378. The number of hydrogen-bond acceptors (Lipinski definition) is 8. The number of methoxy groups -OCH3 is 1. The monoisotopic (exact) mass is 499 g/mol. The number of anilines is 1. The van der Waals surface area contributed by atoms with E-state index in [-0.39, 0.29) is 6.23 Å². The van der Waals surface area contributed by atoms with Crippen LogP contribution in [0.1, 0.15) is 38.3 Å². The zero-order valence-corrected chi connectivity index (χ0v) is 21.2. The van der Waals surface area contributed by atoms with Crippen LogP contribution < -0.4 is 15.4 Å². The van der Waals surface area contributed by atoms with Crippen LogP contribution in [-0.4, -0.2) is 57.9 Å². The molecule has 37 heavy (non-hydrogen) atoms. The molecule has 3 aromatic heterocycles. The van der Waals surface area contributed by atoms with Crippen LogP contribution in [0.25, 0.3) is 33.5 Å². The van der Waals surface area contributed by atoms with Crippen LogP contribution >= 0.6 is 0 Å². The van der Waals surface area contributed by atoms with Gasteiger partial charge in [0.15, 0.2) is 5.65 Å². The van der Waals surface area contributed by atoms with Crippen molar-refractivity contribution in [2.75, 3.05) is 38.7 Å². The van der Waals surface area contributed by atoms with E-state index in [9.17, 15) is 0 Å². The average Bonchev–Trinajstić information content (AvgIpc) is 3.41. The maximum Gasteiger partial charge on any atom is 0.225 e. The Hall–Kier alpha value is -3.56. The predicted octanol–water partition coefficient (Wildman–Crippen LogP) is 4.67. The minimum absolute atomic E-state index is 0.0537. The summed E-state index contributed by atoms with van der Waals surface area (Å²) in [5.74, 6) is 2.03. The summed E-state index contributed by atoms with van der Waals surface area (Å²) < 4.78 is 13.8. The van der Waals surface area contributed by atoms with Gasteiger partial charge in [0.05, 0.1) is 13.4 Å². The Bertz CT molecular complexity index is 1350. The number of fused-ring (bicyclic) bond motifs is 1. The van der Waals surface area contributed by atoms with E-state index in [1.165, 1.54) is 0 Å². The van der Waals surface area contributed by atoms with Crippen molar-refractivity contribution >= 4 is 17.1 Å². The molecule has 2 aliphatic rings. The normalized spacial score (nSPS) is 18.7. The van der Waals surface area contributed by atoms with Crippen molar-refractivity contribution < 1.29 is 9.47 Å². The smallest absolute Gasteiger partial charge is 0.225 e. The first-order valence-electron chi connectivity index (χ1n) is 13.2. The van der Waals surface area contributed by atoms with Crippen LogP contribution in [0.5, 0.6) is 5.75 Å². The van der Waals surface area contributed by atoms with E-state index < -0.39 is 0 Å². The van der Waals surface area contributed by atoms with Crippen molar-refractivity contribution in [2.24, 2.45) is 5.92 Å². The number of nitrogens with zero attached hydrogens (tertiary/aromatic N) is 5. The Morgan fingerprint density at radius 2 is 1.92 bits per heavy atom. The zero-order valence-electron chi connectivity index (χ0n) is 21.2. The highest BCUT2D eigenvalue weighted by Gasteiger charge is 2.23. The fourth-order valence-electron chi connectivity index (χ4n) is 5.28. The summed E-state index contributed by atoms with van der Waals surface area (Å²) in [6, 6.07) is 10.1. The largest absolute Gasteiger partial charge is 0.496 e. The standard InChI is InChI=1S/C28H33N7O2/c1-36-23-6-5-21(16-22(23)20-9-13-30-14-10-20)25-26-27(35(18-32-26)24-4-2-3-15-37-24)34-28(33-25)31-17-19-7-11-29-12-8-19/h5-6,9-10,13-14,16,18-19,24,29H,2-4,7-8,11-12,15,17H2,1H3,(H,31,33,34). The van der Waals surface area contributed by atoms with Crippen molar-refractivity contribution in [3.63, 3.8) is 0 Å². The average molecular weight is 500 g/mol. The van der Waals surface area contributed by atoms with Crippen LogP contribution in [0.3, 0.4) is 0 Å². The topological polar surface area (TPSA) is 99.0 Å². The Labute approximate surface area is 216 Å². The number of ether oxygens (including phenoxy) is 2. The summed E-state index contributed by atoms with van der Waals surface area (Å²) in [7, 11) is 1.69. The van der Waals surface area contributed by atoms with Gasteiger partial charge in [-0.3, -0.25) is 9.55 Å². The zero-order chi connectivity index (χ0) is 25.0. The molecule has 0 saturated carbocycles. The van der Waals surface area contributed by atoms with E-state index >= 15 is 0 Å². The molecule has 5 heterocycles. The van der Waals surface area contributed by atoms with Gasteiger partial charge < -0.3 is 20.1 Å². The van der Waals surface area contributed by atoms with E-state index in [0.717, 1.165) is 97.6 Å². The molecular weight excluding hydrogens is 466 g/mol. The summed E-state index contributed by atoms with van der Waals surface area (Å²) >= 11 is 0.